The molecular formula is C18H15FO. The van der Waals surface area contributed by atoms with Crippen LogP contribution in [0.3, 0.4) is 0 Å². The van der Waals surface area contributed by atoms with Gasteiger partial charge in [0.05, 0.1) is 0 Å². The van der Waals surface area contributed by atoms with E-state index < -0.39 is 0 Å². The molecule has 1 nitrogen and oxygen atoms in total. The molecule has 0 aromatic heterocycles. The maximum Gasteiger partial charge on any atom is 0.123 e. The van der Waals surface area contributed by atoms with Crippen LogP contribution in [0, 0.1) is 12.7 Å². The molecule has 0 aliphatic rings. The fraction of sp³-hybridized carbons (Fsp3) is 0.111. The lowest BCUT2D eigenvalue weighted by Crippen LogP contribution is -1.95. The van der Waals surface area contributed by atoms with Gasteiger partial charge in [-0.05, 0) is 47.5 Å². The molecular weight excluding hydrogens is 251 g/mol. The van der Waals surface area contributed by atoms with E-state index in [2.05, 4.69) is 31.2 Å². The van der Waals surface area contributed by atoms with Crippen LogP contribution in [0.15, 0.2) is 60.7 Å². The van der Waals surface area contributed by atoms with Gasteiger partial charge in [-0.3, -0.25) is 0 Å². The first-order valence-electron chi connectivity index (χ1n) is 6.58. The van der Waals surface area contributed by atoms with E-state index in [1.165, 1.54) is 23.1 Å². The van der Waals surface area contributed by atoms with E-state index in [0.717, 1.165) is 16.7 Å². The Hall–Kier alpha value is -2.35. The van der Waals surface area contributed by atoms with Gasteiger partial charge in [0.1, 0.15) is 18.2 Å². The van der Waals surface area contributed by atoms with E-state index in [1.807, 2.05) is 12.1 Å². The Morgan fingerprint density at radius 2 is 1.55 bits per heavy atom. The number of rotatable bonds is 3. The average Bonchev–Trinajstić information content (AvgIpc) is 2.46. The van der Waals surface area contributed by atoms with Gasteiger partial charge in [0.2, 0.25) is 0 Å². The minimum atomic E-state index is -0.227. The Labute approximate surface area is 117 Å². The van der Waals surface area contributed by atoms with Gasteiger partial charge in [0.15, 0.2) is 0 Å². The van der Waals surface area contributed by atoms with Crippen molar-refractivity contribution in [3.8, 4) is 5.75 Å². The molecule has 100 valence electrons. The normalized spacial score (nSPS) is 10.7. The maximum absolute atomic E-state index is 12.8. The number of benzene rings is 3. The standard InChI is InChI=1S/C18H15FO/c1-13-2-5-16-11-18(9-6-15(16)10-13)20-12-14-3-7-17(19)8-4-14/h2-11H,12H2,1H3. The van der Waals surface area contributed by atoms with Gasteiger partial charge in [0.25, 0.3) is 0 Å². The fourth-order valence-electron chi connectivity index (χ4n) is 2.18. The average molecular weight is 266 g/mol. The summed E-state index contributed by atoms with van der Waals surface area (Å²) in [6.07, 6.45) is 0. The monoisotopic (exact) mass is 266 g/mol. The molecule has 0 radical (unpaired) electrons. The Morgan fingerprint density at radius 3 is 2.35 bits per heavy atom. The summed E-state index contributed by atoms with van der Waals surface area (Å²) in [5.41, 5.74) is 2.20. The van der Waals surface area contributed by atoms with E-state index in [-0.39, 0.29) is 5.82 Å². The van der Waals surface area contributed by atoms with Crippen LogP contribution in [-0.2, 0) is 6.61 Å². The highest BCUT2D eigenvalue weighted by Crippen LogP contribution is 2.22. The molecule has 0 fully saturated rings. The predicted molar refractivity (Wildman–Crippen MR) is 79.4 cm³/mol. The molecule has 2 heteroatoms. The van der Waals surface area contributed by atoms with E-state index in [9.17, 15) is 4.39 Å². The summed E-state index contributed by atoms with van der Waals surface area (Å²) >= 11 is 0. The predicted octanol–water partition coefficient (Wildman–Crippen LogP) is 4.87. The van der Waals surface area contributed by atoms with Crippen LogP contribution in [0.25, 0.3) is 10.8 Å². The topological polar surface area (TPSA) is 9.23 Å². The van der Waals surface area contributed by atoms with Crippen molar-refractivity contribution in [3.05, 3.63) is 77.6 Å². The third-order valence-corrected chi connectivity index (χ3v) is 3.29. The van der Waals surface area contributed by atoms with Crippen LogP contribution in [0.2, 0.25) is 0 Å². The Bertz CT molecular complexity index is 732. The number of aryl methyl sites for hydroxylation is 1. The first kappa shape index (κ1) is 12.7. The van der Waals surface area contributed by atoms with Gasteiger partial charge >= 0.3 is 0 Å². The molecule has 0 aliphatic carbocycles. The van der Waals surface area contributed by atoms with E-state index >= 15 is 0 Å². The van der Waals surface area contributed by atoms with Crippen molar-refractivity contribution in [2.75, 3.05) is 0 Å². The number of ether oxygens (including phenoxy) is 1. The lowest BCUT2D eigenvalue weighted by atomic mass is 10.1. The number of fused-ring (bicyclic) bond motifs is 1. The van der Waals surface area contributed by atoms with Gasteiger partial charge in [-0.1, -0.05) is 42.0 Å². The first-order valence-corrected chi connectivity index (χ1v) is 6.58. The fourth-order valence-corrected chi connectivity index (χ4v) is 2.18. The zero-order valence-electron chi connectivity index (χ0n) is 11.3. The lowest BCUT2D eigenvalue weighted by Gasteiger charge is -2.08. The summed E-state index contributed by atoms with van der Waals surface area (Å²) in [7, 11) is 0. The third-order valence-electron chi connectivity index (χ3n) is 3.29. The molecule has 0 aliphatic heterocycles. The van der Waals surface area contributed by atoms with Crippen molar-refractivity contribution >= 4 is 10.8 Å². The molecule has 3 aromatic rings. The second kappa shape index (κ2) is 5.33. The zero-order chi connectivity index (χ0) is 13.9. The highest BCUT2D eigenvalue weighted by Gasteiger charge is 1.99. The highest BCUT2D eigenvalue weighted by molar-refractivity contribution is 5.84. The van der Waals surface area contributed by atoms with Gasteiger partial charge < -0.3 is 4.74 Å². The summed E-state index contributed by atoms with van der Waals surface area (Å²) in [6, 6.07) is 18.7. The van der Waals surface area contributed by atoms with Crippen molar-refractivity contribution in [1.82, 2.24) is 0 Å². The minimum Gasteiger partial charge on any atom is -0.489 e. The Balaban J connectivity index is 1.77. The van der Waals surface area contributed by atoms with E-state index in [0.29, 0.717) is 6.61 Å². The number of hydrogen-bond donors (Lipinski definition) is 0. The van der Waals surface area contributed by atoms with Crippen molar-refractivity contribution in [1.29, 1.82) is 0 Å². The zero-order valence-corrected chi connectivity index (χ0v) is 11.3. The van der Waals surface area contributed by atoms with Crippen molar-refractivity contribution < 1.29 is 9.13 Å². The second-order valence-corrected chi connectivity index (χ2v) is 4.93. The molecule has 0 saturated carbocycles. The molecule has 3 rings (SSSR count). The summed E-state index contributed by atoms with van der Waals surface area (Å²) in [6.45, 7) is 2.52. The molecule has 0 unspecified atom stereocenters. The summed E-state index contributed by atoms with van der Waals surface area (Å²) in [5.74, 6) is 0.598. The van der Waals surface area contributed by atoms with Crippen LogP contribution in [0.1, 0.15) is 11.1 Å². The van der Waals surface area contributed by atoms with Gasteiger partial charge in [-0.25, -0.2) is 4.39 Å². The Kier molecular flexibility index (Phi) is 3.38. The van der Waals surface area contributed by atoms with E-state index in [1.54, 1.807) is 12.1 Å². The molecule has 0 heterocycles. The van der Waals surface area contributed by atoms with Crippen molar-refractivity contribution in [2.24, 2.45) is 0 Å². The quantitative estimate of drug-likeness (QED) is 0.657. The van der Waals surface area contributed by atoms with E-state index in [4.69, 9.17) is 4.74 Å². The lowest BCUT2D eigenvalue weighted by molar-refractivity contribution is 0.306. The molecule has 20 heavy (non-hydrogen) atoms. The SMILES string of the molecule is Cc1ccc2cc(OCc3ccc(F)cc3)ccc2c1. The van der Waals surface area contributed by atoms with Gasteiger partial charge in [-0.15, -0.1) is 0 Å². The summed E-state index contributed by atoms with van der Waals surface area (Å²) in [5, 5.41) is 2.37. The molecule has 0 bridgehead atoms. The van der Waals surface area contributed by atoms with Gasteiger partial charge in [-0.2, -0.15) is 0 Å². The molecule has 0 saturated heterocycles. The minimum absolute atomic E-state index is 0.227. The molecule has 0 N–H and O–H groups in total. The maximum atomic E-state index is 12.8. The Morgan fingerprint density at radius 1 is 0.850 bits per heavy atom. The molecule has 0 amide bonds. The van der Waals surface area contributed by atoms with Crippen molar-refractivity contribution in [2.45, 2.75) is 13.5 Å². The smallest absolute Gasteiger partial charge is 0.123 e. The van der Waals surface area contributed by atoms with Crippen LogP contribution in [0.4, 0.5) is 4.39 Å². The van der Waals surface area contributed by atoms with Crippen LogP contribution >= 0.6 is 0 Å². The molecule has 3 aromatic carbocycles. The highest BCUT2D eigenvalue weighted by atomic mass is 19.1. The number of hydrogen-bond acceptors (Lipinski definition) is 1. The van der Waals surface area contributed by atoms with Crippen LogP contribution in [-0.4, -0.2) is 0 Å². The first-order chi connectivity index (χ1) is 9.70. The molecule has 0 atom stereocenters. The number of halogens is 1. The van der Waals surface area contributed by atoms with Gasteiger partial charge in [0, 0.05) is 0 Å². The van der Waals surface area contributed by atoms with Crippen LogP contribution in [0.5, 0.6) is 5.75 Å². The summed E-state index contributed by atoms with van der Waals surface area (Å²) < 4.78 is 18.6. The third kappa shape index (κ3) is 2.80. The summed E-state index contributed by atoms with van der Waals surface area (Å²) in [4.78, 5) is 0. The van der Waals surface area contributed by atoms with Crippen LogP contribution < -0.4 is 4.74 Å². The van der Waals surface area contributed by atoms with Crippen molar-refractivity contribution in [3.63, 3.8) is 0 Å². The molecule has 0 spiro atoms. The second-order valence-electron chi connectivity index (χ2n) is 4.93. The largest absolute Gasteiger partial charge is 0.489 e.